The number of fused-ring (bicyclic) bond motifs is 2. The van der Waals surface area contributed by atoms with Gasteiger partial charge in [-0.05, 0) is 92.4 Å². The number of aliphatic hydroxyl groups excluding tert-OH is 2. The van der Waals surface area contributed by atoms with Crippen molar-refractivity contribution in [2.75, 3.05) is 27.8 Å². The molecule has 0 amide bonds. The number of esters is 2. The lowest BCUT2D eigenvalue weighted by Gasteiger charge is -2.48. The van der Waals surface area contributed by atoms with Gasteiger partial charge >= 0.3 is 11.9 Å². The topological polar surface area (TPSA) is 170 Å². The van der Waals surface area contributed by atoms with Crippen LogP contribution in [0.15, 0.2) is 36.5 Å². The van der Waals surface area contributed by atoms with Crippen molar-refractivity contribution in [3.63, 3.8) is 0 Å². The number of epoxide rings is 1. The highest BCUT2D eigenvalue weighted by atomic mass is 16.7. The number of para-hydroxylation sites is 1. The van der Waals surface area contributed by atoms with E-state index in [1.807, 2.05) is 77.9 Å². The maximum Gasteiger partial charge on any atom is 0.338 e. The van der Waals surface area contributed by atoms with Crippen LogP contribution in [0.1, 0.15) is 91.4 Å². The molecule has 3 saturated heterocycles. The van der Waals surface area contributed by atoms with Crippen molar-refractivity contribution in [1.82, 2.24) is 9.88 Å². The molecule has 3 aliphatic heterocycles. The molecular weight excluding hydrogens is 708 g/mol. The summed E-state index contributed by atoms with van der Waals surface area (Å²) in [5, 5.41) is 36.4. The summed E-state index contributed by atoms with van der Waals surface area (Å²) < 4.78 is 37.7. The summed E-state index contributed by atoms with van der Waals surface area (Å²) in [7, 11) is 5.39. The molecule has 3 N–H and O–H groups in total. The highest BCUT2D eigenvalue weighted by Crippen LogP contribution is 2.55. The van der Waals surface area contributed by atoms with Gasteiger partial charge in [0, 0.05) is 36.6 Å². The van der Waals surface area contributed by atoms with Gasteiger partial charge in [0.2, 0.25) is 0 Å². The zero-order chi connectivity index (χ0) is 40.6. The summed E-state index contributed by atoms with van der Waals surface area (Å²) in [4.78, 5) is 33.6. The number of aliphatic hydroxyl groups is 3. The van der Waals surface area contributed by atoms with Crippen LogP contribution < -0.4 is 0 Å². The molecular formula is C42H64N2O11. The molecule has 3 aliphatic rings. The fourth-order valence-electron chi connectivity index (χ4n) is 9.53. The molecule has 1 aromatic carbocycles. The Morgan fingerprint density at radius 1 is 1.05 bits per heavy atom. The summed E-state index contributed by atoms with van der Waals surface area (Å²) in [5.74, 6) is -3.72. The minimum Gasteiger partial charge on any atom is -0.462 e. The van der Waals surface area contributed by atoms with Gasteiger partial charge in [0.15, 0.2) is 6.29 Å². The van der Waals surface area contributed by atoms with Gasteiger partial charge in [0.1, 0.15) is 17.8 Å². The maximum absolute atomic E-state index is 13.9. The molecule has 3 fully saturated rings. The Hall–Kier alpha value is -2.75. The third-order valence-electron chi connectivity index (χ3n) is 12.8. The maximum atomic E-state index is 13.9. The first-order chi connectivity index (χ1) is 25.8. The summed E-state index contributed by atoms with van der Waals surface area (Å²) in [6.07, 6.45) is -2.60. The first kappa shape index (κ1) is 43.4. The molecule has 0 bridgehead atoms. The van der Waals surface area contributed by atoms with Crippen molar-refractivity contribution < 1.29 is 53.3 Å². The van der Waals surface area contributed by atoms with Crippen LogP contribution in [-0.2, 0) is 33.2 Å². The Labute approximate surface area is 326 Å². The second kappa shape index (κ2) is 17.0. The number of ether oxygens (including phenoxy) is 6. The second-order valence-electron chi connectivity index (χ2n) is 17.1. The van der Waals surface area contributed by atoms with E-state index in [0.29, 0.717) is 29.3 Å². The summed E-state index contributed by atoms with van der Waals surface area (Å²) in [6.45, 7) is 14.6. The Bertz CT molecular complexity index is 1630. The second-order valence-corrected chi connectivity index (χ2v) is 17.1. The summed E-state index contributed by atoms with van der Waals surface area (Å²) >= 11 is 0. The van der Waals surface area contributed by atoms with Gasteiger partial charge in [-0.2, -0.15) is 0 Å². The van der Waals surface area contributed by atoms with Crippen LogP contribution in [0, 0.1) is 23.7 Å². The molecule has 15 atom stereocenters. The number of pyridine rings is 1. The monoisotopic (exact) mass is 772 g/mol. The fourth-order valence-corrected chi connectivity index (χ4v) is 9.53. The van der Waals surface area contributed by atoms with Crippen LogP contribution in [0.3, 0.4) is 0 Å². The van der Waals surface area contributed by atoms with E-state index in [1.54, 1.807) is 40.1 Å². The van der Waals surface area contributed by atoms with Crippen molar-refractivity contribution in [2.24, 2.45) is 23.7 Å². The SMILES string of the molecule is CC[C@H]1OC(=O)[C@H](C)[C@@H](O)[C@H](C)[C@@H](O[C@@H]2O[C@H](C)C[C@H](N(C)C)[C@H]2O)[C@](C)(OC)C[C@@H](C)C2OC2(C)[C@@H](CCOC(=O)c2ccnc3ccccc23)[C@]1(C)O. The van der Waals surface area contributed by atoms with E-state index in [2.05, 4.69) is 4.98 Å². The Morgan fingerprint density at radius 3 is 2.40 bits per heavy atom. The van der Waals surface area contributed by atoms with E-state index in [0.717, 1.165) is 0 Å². The molecule has 13 nitrogen and oxygen atoms in total. The number of aromatic nitrogens is 1. The number of likely N-dealkylation sites (N-methyl/N-ethyl adjacent to an activating group) is 1. The van der Waals surface area contributed by atoms with E-state index in [9.17, 15) is 24.9 Å². The van der Waals surface area contributed by atoms with E-state index in [4.69, 9.17) is 28.4 Å². The normalized spacial score (nSPS) is 41.6. The average molecular weight is 773 g/mol. The number of rotatable bonds is 9. The number of nitrogens with zero attached hydrogens (tertiary/aromatic N) is 2. The van der Waals surface area contributed by atoms with E-state index in [1.165, 1.54) is 0 Å². The van der Waals surface area contributed by atoms with E-state index in [-0.39, 0.29) is 43.6 Å². The predicted molar refractivity (Wildman–Crippen MR) is 205 cm³/mol. The van der Waals surface area contributed by atoms with Gasteiger partial charge in [-0.25, -0.2) is 4.79 Å². The number of carbonyl (C=O) groups excluding carboxylic acids is 2. The van der Waals surface area contributed by atoms with E-state index >= 15 is 0 Å². The zero-order valence-corrected chi connectivity index (χ0v) is 34.4. The lowest BCUT2D eigenvalue weighted by atomic mass is 9.69. The van der Waals surface area contributed by atoms with E-state index < -0.39 is 77.2 Å². The molecule has 308 valence electrons. The Morgan fingerprint density at radius 2 is 1.75 bits per heavy atom. The lowest BCUT2D eigenvalue weighted by molar-refractivity contribution is -0.301. The molecule has 55 heavy (non-hydrogen) atoms. The Kier molecular flexibility index (Phi) is 13.4. The number of hydrogen-bond donors (Lipinski definition) is 3. The first-order valence-corrected chi connectivity index (χ1v) is 19.8. The number of cyclic esters (lactones) is 1. The van der Waals surface area contributed by atoms with Crippen molar-refractivity contribution in [3.05, 3.63) is 42.1 Å². The summed E-state index contributed by atoms with van der Waals surface area (Å²) in [6, 6.07) is 8.73. The molecule has 2 unspecified atom stereocenters. The first-order valence-electron chi connectivity index (χ1n) is 19.8. The molecule has 13 heteroatoms. The summed E-state index contributed by atoms with van der Waals surface area (Å²) in [5.41, 5.74) is -2.52. The van der Waals surface area contributed by atoms with Crippen LogP contribution in [-0.4, -0.2) is 131 Å². The van der Waals surface area contributed by atoms with Gasteiger partial charge in [0.25, 0.3) is 0 Å². The average Bonchev–Trinajstić information content (AvgIpc) is 3.85. The van der Waals surface area contributed by atoms with Gasteiger partial charge in [0.05, 0.1) is 59.2 Å². The van der Waals surface area contributed by atoms with Crippen molar-refractivity contribution in [1.29, 1.82) is 0 Å². The largest absolute Gasteiger partial charge is 0.462 e. The molecule has 4 heterocycles. The number of carbonyl (C=O) groups is 2. The molecule has 2 aromatic rings. The van der Waals surface area contributed by atoms with Crippen LogP contribution in [0.2, 0.25) is 0 Å². The van der Waals surface area contributed by atoms with Crippen LogP contribution in [0.25, 0.3) is 10.9 Å². The van der Waals surface area contributed by atoms with Gasteiger partial charge in [-0.15, -0.1) is 0 Å². The van der Waals surface area contributed by atoms with Crippen LogP contribution in [0.4, 0.5) is 0 Å². The predicted octanol–water partition coefficient (Wildman–Crippen LogP) is 4.52. The highest BCUT2D eigenvalue weighted by molar-refractivity contribution is 6.03. The number of hydrogen-bond acceptors (Lipinski definition) is 13. The molecule has 5 rings (SSSR count). The van der Waals surface area contributed by atoms with Crippen molar-refractivity contribution in [2.45, 2.75) is 147 Å². The standard InChI is InChI=1S/C42H64N2O11/c1-12-32-41(7,49)31(18-20-51-38(48)28-17-19-43-29-16-14-13-15-27(28)29)42(8)35(55-42)23(2)22-40(6,50-11)36(25(4)33(45)26(5)37(47)53-32)54-39-34(46)30(44(9)10)21-24(3)52-39/h13-17,19,23-26,30-36,39,45-46,49H,12,18,20-22H2,1-11H3/t23-,24-,25+,26-,30+,31+,32-,33+,34-,35?,36-,39+,40-,41+,42?/m1/s1. The third-order valence-corrected chi connectivity index (χ3v) is 12.8. The quantitative estimate of drug-likeness (QED) is 0.241. The molecule has 0 spiro atoms. The fraction of sp³-hybridized carbons (Fsp3) is 0.738. The van der Waals surface area contributed by atoms with Crippen molar-refractivity contribution in [3.8, 4) is 0 Å². The number of methoxy groups -OCH3 is 1. The third kappa shape index (κ3) is 8.74. The molecule has 0 radical (unpaired) electrons. The minimum absolute atomic E-state index is 0.0326. The molecule has 1 aromatic heterocycles. The number of benzene rings is 1. The van der Waals surface area contributed by atoms with Gasteiger partial charge in [-0.3, -0.25) is 9.78 Å². The highest BCUT2D eigenvalue weighted by Gasteiger charge is 2.66. The minimum atomic E-state index is -1.62. The lowest BCUT2D eigenvalue weighted by Crippen LogP contribution is -2.60. The van der Waals surface area contributed by atoms with Gasteiger partial charge < -0.3 is 48.6 Å². The smallest absolute Gasteiger partial charge is 0.338 e. The Balaban J connectivity index is 1.46. The van der Waals surface area contributed by atoms with Crippen LogP contribution >= 0.6 is 0 Å². The van der Waals surface area contributed by atoms with Gasteiger partial charge in [-0.1, -0.05) is 39.0 Å². The molecule has 0 saturated carbocycles. The van der Waals surface area contributed by atoms with Crippen LogP contribution in [0.5, 0.6) is 0 Å². The zero-order valence-electron chi connectivity index (χ0n) is 34.4. The molecule has 0 aliphatic carbocycles. The van der Waals surface area contributed by atoms with Crippen molar-refractivity contribution >= 4 is 22.8 Å².